The van der Waals surface area contributed by atoms with Crippen LogP contribution in [0.3, 0.4) is 0 Å². The smallest absolute Gasteiger partial charge is 0.339 e. The number of rotatable bonds is 4. The summed E-state index contributed by atoms with van der Waals surface area (Å²) >= 11 is 5.90. The summed E-state index contributed by atoms with van der Waals surface area (Å²) in [6.45, 7) is 1.60. The van der Waals surface area contributed by atoms with Gasteiger partial charge in [0.25, 0.3) is 5.56 Å². The summed E-state index contributed by atoms with van der Waals surface area (Å²) in [6, 6.07) is 7.69. The molecule has 0 fully saturated rings. The number of benzene rings is 1. The van der Waals surface area contributed by atoms with E-state index < -0.39 is 17.4 Å². The Balaban J connectivity index is 2.18. The van der Waals surface area contributed by atoms with Crippen molar-refractivity contribution >= 4 is 29.2 Å². The Bertz CT molecular complexity index is 814. The average molecular weight is 335 g/mol. The van der Waals surface area contributed by atoms with Crippen LogP contribution < -0.4 is 10.9 Å². The first-order chi connectivity index (χ1) is 10.9. The average Bonchev–Trinajstić information content (AvgIpc) is 2.52. The van der Waals surface area contributed by atoms with E-state index in [1.807, 2.05) is 6.92 Å². The predicted octanol–water partition coefficient (Wildman–Crippen LogP) is 2.24. The van der Waals surface area contributed by atoms with Gasteiger partial charge < -0.3 is 14.6 Å². The third-order valence-corrected chi connectivity index (χ3v) is 3.43. The molecule has 0 saturated carbocycles. The topological polar surface area (TPSA) is 77.4 Å². The van der Waals surface area contributed by atoms with E-state index >= 15 is 0 Å². The highest BCUT2D eigenvalue weighted by molar-refractivity contribution is 6.31. The van der Waals surface area contributed by atoms with E-state index in [0.29, 0.717) is 10.7 Å². The van der Waals surface area contributed by atoms with Crippen LogP contribution in [0.4, 0.5) is 5.69 Å². The molecule has 0 bridgehead atoms. The molecule has 0 aliphatic rings. The first kappa shape index (κ1) is 16.8. The van der Waals surface area contributed by atoms with E-state index in [-0.39, 0.29) is 12.1 Å². The van der Waals surface area contributed by atoms with Crippen LogP contribution in [0.1, 0.15) is 15.9 Å². The zero-order chi connectivity index (χ0) is 17.0. The molecule has 0 aliphatic heterocycles. The van der Waals surface area contributed by atoms with Crippen molar-refractivity contribution in [3.05, 3.63) is 63.0 Å². The zero-order valence-corrected chi connectivity index (χ0v) is 13.4. The van der Waals surface area contributed by atoms with Gasteiger partial charge in [-0.3, -0.25) is 9.59 Å². The Morgan fingerprint density at radius 1 is 1.26 bits per heavy atom. The molecule has 0 spiro atoms. The fraction of sp³-hybridized carbons (Fsp3) is 0.188. The number of hydrogen-bond acceptors (Lipinski definition) is 4. The number of nitrogens with zero attached hydrogens (tertiary/aromatic N) is 1. The molecule has 1 heterocycles. The number of aryl methyl sites for hydroxylation is 1. The molecule has 0 unspecified atom stereocenters. The summed E-state index contributed by atoms with van der Waals surface area (Å²) in [5.41, 5.74) is 1.22. The molecule has 2 rings (SSSR count). The fourth-order valence-electron chi connectivity index (χ4n) is 1.97. The van der Waals surface area contributed by atoms with E-state index in [0.717, 1.165) is 10.1 Å². The summed E-state index contributed by atoms with van der Waals surface area (Å²) in [4.78, 5) is 35.4. The molecule has 23 heavy (non-hydrogen) atoms. The number of hydrogen-bond donors (Lipinski definition) is 1. The highest BCUT2D eigenvalue weighted by atomic mass is 35.5. The van der Waals surface area contributed by atoms with E-state index in [2.05, 4.69) is 10.1 Å². The van der Waals surface area contributed by atoms with Crippen LogP contribution in [0.5, 0.6) is 0 Å². The van der Waals surface area contributed by atoms with Crippen molar-refractivity contribution < 1.29 is 14.3 Å². The van der Waals surface area contributed by atoms with Crippen LogP contribution in [0, 0.1) is 6.92 Å². The van der Waals surface area contributed by atoms with Crippen molar-refractivity contribution in [2.24, 2.45) is 0 Å². The lowest BCUT2D eigenvalue weighted by molar-refractivity contribution is -0.116. The molecule has 0 saturated heterocycles. The van der Waals surface area contributed by atoms with Crippen LogP contribution in [0.15, 0.2) is 41.3 Å². The lowest BCUT2D eigenvalue weighted by atomic mass is 10.2. The van der Waals surface area contributed by atoms with Crippen molar-refractivity contribution in [1.82, 2.24) is 4.57 Å². The quantitative estimate of drug-likeness (QED) is 0.870. The number of ether oxygens (including phenoxy) is 1. The molecule has 1 amide bonds. The number of halogens is 1. The molecule has 120 valence electrons. The van der Waals surface area contributed by atoms with Crippen molar-refractivity contribution in [3.8, 4) is 0 Å². The second-order valence-corrected chi connectivity index (χ2v) is 5.32. The van der Waals surface area contributed by atoms with Gasteiger partial charge in [0.2, 0.25) is 5.91 Å². The standard InChI is InChI=1S/C16H15ClN2O4/c1-10-3-5-12(17)7-13(10)18-14(20)9-19-8-11(16(22)23-2)4-6-15(19)21/h3-8H,9H2,1-2H3,(H,18,20). The maximum absolute atomic E-state index is 12.1. The molecule has 6 nitrogen and oxygen atoms in total. The monoisotopic (exact) mass is 334 g/mol. The molecule has 1 N–H and O–H groups in total. The summed E-state index contributed by atoms with van der Waals surface area (Å²) in [6.07, 6.45) is 1.29. The van der Waals surface area contributed by atoms with Crippen molar-refractivity contribution in [3.63, 3.8) is 0 Å². The summed E-state index contributed by atoms with van der Waals surface area (Å²) < 4.78 is 5.73. The van der Waals surface area contributed by atoms with Gasteiger partial charge in [-0.25, -0.2) is 4.79 Å². The van der Waals surface area contributed by atoms with Gasteiger partial charge in [-0.2, -0.15) is 0 Å². The fourth-order valence-corrected chi connectivity index (χ4v) is 2.14. The number of methoxy groups -OCH3 is 1. The molecule has 2 aromatic rings. The summed E-state index contributed by atoms with van der Waals surface area (Å²) in [5, 5.41) is 3.19. The van der Waals surface area contributed by atoms with Gasteiger partial charge in [-0.1, -0.05) is 17.7 Å². The van der Waals surface area contributed by atoms with Gasteiger partial charge in [0.1, 0.15) is 6.54 Å². The van der Waals surface area contributed by atoms with Crippen LogP contribution >= 0.6 is 11.6 Å². The maximum atomic E-state index is 12.1. The lowest BCUT2D eigenvalue weighted by Gasteiger charge is -2.10. The first-order valence-electron chi connectivity index (χ1n) is 6.75. The number of nitrogens with one attached hydrogen (secondary N) is 1. The molecular formula is C16H15ClN2O4. The van der Waals surface area contributed by atoms with Crippen LogP contribution in [-0.2, 0) is 16.1 Å². The summed E-state index contributed by atoms with van der Waals surface area (Å²) in [7, 11) is 1.24. The number of pyridine rings is 1. The normalized spacial score (nSPS) is 10.2. The number of carbonyl (C=O) groups excluding carboxylic acids is 2. The molecule has 1 aromatic heterocycles. The van der Waals surface area contributed by atoms with Gasteiger partial charge >= 0.3 is 5.97 Å². The summed E-state index contributed by atoms with van der Waals surface area (Å²) in [5.74, 6) is -0.982. The predicted molar refractivity (Wildman–Crippen MR) is 86.9 cm³/mol. The number of carbonyl (C=O) groups is 2. The zero-order valence-electron chi connectivity index (χ0n) is 12.6. The Morgan fingerprint density at radius 2 is 2.00 bits per heavy atom. The second kappa shape index (κ2) is 7.11. The number of aromatic nitrogens is 1. The third-order valence-electron chi connectivity index (χ3n) is 3.19. The van der Waals surface area contributed by atoms with Crippen molar-refractivity contribution in [1.29, 1.82) is 0 Å². The highest BCUT2D eigenvalue weighted by Gasteiger charge is 2.11. The van der Waals surface area contributed by atoms with Gasteiger partial charge in [-0.05, 0) is 30.7 Å². The first-order valence-corrected chi connectivity index (χ1v) is 7.13. The second-order valence-electron chi connectivity index (χ2n) is 4.88. The minimum Gasteiger partial charge on any atom is -0.465 e. The Hall–Kier alpha value is -2.60. The minimum absolute atomic E-state index is 0.193. The number of anilines is 1. The maximum Gasteiger partial charge on any atom is 0.339 e. The van der Waals surface area contributed by atoms with E-state index in [1.165, 1.54) is 25.4 Å². The SMILES string of the molecule is COC(=O)c1ccc(=O)n(CC(=O)Nc2cc(Cl)ccc2C)c1. The lowest BCUT2D eigenvalue weighted by Crippen LogP contribution is -2.27. The molecule has 7 heteroatoms. The van der Waals surface area contributed by atoms with Crippen LogP contribution in [0.2, 0.25) is 5.02 Å². The Labute approximate surface area is 137 Å². The van der Waals surface area contributed by atoms with Crippen LogP contribution in [-0.4, -0.2) is 23.6 Å². The van der Waals surface area contributed by atoms with E-state index in [4.69, 9.17) is 11.6 Å². The Kier molecular flexibility index (Phi) is 5.18. The van der Waals surface area contributed by atoms with Gasteiger partial charge in [0, 0.05) is 23.0 Å². The minimum atomic E-state index is -0.579. The van der Waals surface area contributed by atoms with Gasteiger partial charge in [-0.15, -0.1) is 0 Å². The third kappa shape index (κ3) is 4.20. The largest absolute Gasteiger partial charge is 0.465 e. The van der Waals surface area contributed by atoms with E-state index in [1.54, 1.807) is 18.2 Å². The van der Waals surface area contributed by atoms with Gasteiger partial charge in [0.05, 0.1) is 12.7 Å². The molecule has 0 atom stereocenters. The molecule has 1 aromatic carbocycles. The number of esters is 1. The van der Waals surface area contributed by atoms with Crippen molar-refractivity contribution in [2.75, 3.05) is 12.4 Å². The van der Waals surface area contributed by atoms with Gasteiger partial charge in [0.15, 0.2) is 0 Å². The van der Waals surface area contributed by atoms with Crippen LogP contribution in [0.25, 0.3) is 0 Å². The Morgan fingerprint density at radius 3 is 2.70 bits per heavy atom. The molecular weight excluding hydrogens is 320 g/mol. The highest BCUT2D eigenvalue weighted by Crippen LogP contribution is 2.20. The van der Waals surface area contributed by atoms with E-state index in [9.17, 15) is 14.4 Å². The number of amides is 1. The van der Waals surface area contributed by atoms with Crippen molar-refractivity contribution in [2.45, 2.75) is 13.5 Å². The molecule has 0 radical (unpaired) electrons. The molecule has 0 aliphatic carbocycles.